The Balaban J connectivity index is 1.79. The molecule has 1 amide bonds. The quantitative estimate of drug-likeness (QED) is 0.819. The largest absolute Gasteiger partial charge is 0.381 e. The number of amides is 1. The minimum absolute atomic E-state index is 0.0251. The van der Waals surface area contributed by atoms with E-state index in [1.165, 1.54) is 32.1 Å². The van der Waals surface area contributed by atoms with E-state index in [1.54, 1.807) is 0 Å². The summed E-state index contributed by atoms with van der Waals surface area (Å²) in [5.74, 6) is 1.59. The fourth-order valence-electron chi connectivity index (χ4n) is 3.81. The zero-order valence-electron chi connectivity index (χ0n) is 13.6. The SMILES string of the molecule is CC(NC(=O)C(N)C1CCOCC1)C(C)C1CCCCC1. The van der Waals surface area contributed by atoms with Crippen molar-refractivity contribution in [1.82, 2.24) is 5.32 Å². The fraction of sp³-hybridized carbons (Fsp3) is 0.941. The van der Waals surface area contributed by atoms with E-state index in [4.69, 9.17) is 10.5 Å². The van der Waals surface area contributed by atoms with E-state index in [0.717, 1.165) is 32.0 Å². The van der Waals surface area contributed by atoms with Crippen LogP contribution in [-0.4, -0.2) is 31.2 Å². The summed E-state index contributed by atoms with van der Waals surface area (Å²) in [5.41, 5.74) is 6.15. The molecule has 0 aromatic rings. The molecule has 1 aliphatic carbocycles. The lowest BCUT2D eigenvalue weighted by Gasteiger charge is -2.33. The Labute approximate surface area is 129 Å². The first-order valence-electron chi connectivity index (χ1n) is 8.73. The third-order valence-electron chi connectivity index (χ3n) is 5.63. The summed E-state index contributed by atoms with van der Waals surface area (Å²) < 4.78 is 5.34. The van der Waals surface area contributed by atoms with Gasteiger partial charge in [-0.2, -0.15) is 0 Å². The van der Waals surface area contributed by atoms with E-state index in [1.807, 2.05) is 0 Å². The Kier molecular flexibility index (Phi) is 6.49. The van der Waals surface area contributed by atoms with E-state index in [0.29, 0.717) is 5.92 Å². The lowest BCUT2D eigenvalue weighted by molar-refractivity contribution is -0.125. The second-order valence-corrected chi connectivity index (χ2v) is 7.03. The molecule has 3 unspecified atom stereocenters. The van der Waals surface area contributed by atoms with E-state index in [9.17, 15) is 4.79 Å². The summed E-state index contributed by atoms with van der Waals surface area (Å²) in [4.78, 5) is 12.4. The normalized spacial score (nSPS) is 26.0. The minimum Gasteiger partial charge on any atom is -0.381 e. The molecule has 2 fully saturated rings. The summed E-state index contributed by atoms with van der Waals surface area (Å²) in [6.07, 6.45) is 8.50. The van der Waals surface area contributed by atoms with E-state index < -0.39 is 0 Å². The predicted molar refractivity (Wildman–Crippen MR) is 84.9 cm³/mol. The van der Waals surface area contributed by atoms with Crippen molar-refractivity contribution in [3.05, 3.63) is 0 Å². The van der Waals surface area contributed by atoms with Gasteiger partial charge in [-0.15, -0.1) is 0 Å². The number of carbonyl (C=O) groups excluding carboxylic acids is 1. The van der Waals surface area contributed by atoms with Gasteiger partial charge in [-0.3, -0.25) is 4.79 Å². The zero-order valence-corrected chi connectivity index (χ0v) is 13.6. The van der Waals surface area contributed by atoms with Crippen LogP contribution in [0.3, 0.4) is 0 Å². The maximum atomic E-state index is 12.4. The van der Waals surface area contributed by atoms with Gasteiger partial charge in [0, 0.05) is 19.3 Å². The first-order chi connectivity index (χ1) is 10.1. The van der Waals surface area contributed by atoms with Crippen LogP contribution in [0.1, 0.15) is 58.8 Å². The van der Waals surface area contributed by atoms with Crippen molar-refractivity contribution in [1.29, 1.82) is 0 Å². The van der Waals surface area contributed by atoms with Crippen LogP contribution in [0.4, 0.5) is 0 Å². The van der Waals surface area contributed by atoms with Gasteiger partial charge in [0.15, 0.2) is 0 Å². The molecule has 4 nitrogen and oxygen atoms in total. The van der Waals surface area contributed by atoms with Gasteiger partial charge in [-0.25, -0.2) is 0 Å². The molecule has 0 bridgehead atoms. The van der Waals surface area contributed by atoms with Crippen LogP contribution in [0.5, 0.6) is 0 Å². The number of hydrogen-bond acceptors (Lipinski definition) is 3. The molecule has 3 N–H and O–H groups in total. The van der Waals surface area contributed by atoms with Gasteiger partial charge in [-0.05, 0) is 37.5 Å². The average Bonchev–Trinajstić information content (AvgIpc) is 2.55. The second kappa shape index (κ2) is 8.14. The summed E-state index contributed by atoms with van der Waals surface area (Å²) in [7, 11) is 0. The first kappa shape index (κ1) is 16.8. The maximum Gasteiger partial charge on any atom is 0.237 e. The smallest absolute Gasteiger partial charge is 0.237 e. The number of nitrogens with two attached hydrogens (primary N) is 1. The standard InChI is InChI=1S/C17H32N2O2/c1-12(14-6-4-3-5-7-14)13(2)19-17(20)16(18)15-8-10-21-11-9-15/h12-16H,3-11,18H2,1-2H3,(H,19,20). The van der Waals surface area contributed by atoms with Crippen LogP contribution in [0.15, 0.2) is 0 Å². The summed E-state index contributed by atoms with van der Waals surface area (Å²) in [5, 5.41) is 3.17. The lowest BCUT2D eigenvalue weighted by Crippen LogP contribution is -2.51. The molecule has 1 aliphatic heterocycles. The molecule has 21 heavy (non-hydrogen) atoms. The monoisotopic (exact) mass is 296 g/mol. The molecule has 3 atom stereocenters. The van der Waals surface area contributed by atoms with Crippen LogP contribution in [-0.2, 0) is 9.53 Å². The van der Waals surface area contributed by atoms with Crippen molar-refractivity contribution in [2.45, 2.75) is 70.9 Å². The maximum absolute atomic E-state index is 12.4. The van der Waals surface area contributed by atoms with Crippen LogP contribution in [0.2, 0.25) is 0 Å². The molecule has 4 heteroatoms. The van der Waals surface area contributed by atoms with Crippen molar-refractivity contribution in [2.75, 3.05) is 13.2 Å². The van der Waals surface area contributed by atoms with Gasteiger partial charge in [0.25, 0.3) is 0 Å². The van der Waals surface area contributed by atoms with E-state index in [-0.39, 0.29) is 23.9 Å². The fourth-order valence-corrected chi connectivity index (χ4v) is 3.81. The highest BCUT2D eigenvalue weighted by Gasteiger charge is 2.30. The van der Waals surface area contributed by atoms with E-state index >= 15 is 0 Å². The molecule has 2 rings (SSSR count). The Morgan fingerprint density at radius 3 is 2.29 bits per heavy atom. The molecule has 1 saturated carbocycles. The zero-order chi connectivity index (χ0) is 15.2. The third kappa shape index (κ3) is 4.68. The number of ether oxygens (including phenoxy) is 1. The molecule has 2 aliphatic rings. The molecular formula is C17H32N2O2. The topological polar surface area (TPSA) is 64.4 Å². The Morgan fingerprint density at radius 2 is 1.67 bits per heavy atom. The molecule has 0 radical (unpaired) electrons. The van der Waals surface area contributed by atoms with Crippen molar-refractivity contribution in [2.24, 2.45) is 23.5 Å². The van der Waals surface area contributed by atoms with Crippen molar-refractivity contribution in [3.8, 4) is 0 Å². The van der Waals surface area contributed by atoms with Gasteiger partial charge in [0.1, 0.15) is 0 Å². The second-order valence-electron chi connectivity index (χ2n) is 7.03. The highest BCUT2D eigenvalue weighted by Crippen LogP contribution is 2.31. The van der Waals surface area contributed by atoms with Crippen molar-refractivity contribution < 1.29 is 9.53 Å². The summed E-state index contributed by atoms with van der Waals surface area (Å²) in [6, 6.07) is -0.165. The molecule has 0 aromatic heterocycles. The Bertz CT molecular complexity index is 323. The summed E-state index contributed by atoms with van der Waals surface area (Å²) in [6.45, 7) is 5.88. The third-order valence-corrected chi connectivity index (χ3v) is 5.63. The molecule has 1 saturated heterocycles. The highest BCUT2D eigenvalue weighted by molar-refractivity contribution is 5.82. The molecule has 0 aromatic carbocycles. The van der Waals surface area contributed by atoms with Gasteiger partial charge < -0.3 is 15.8 Å². The Hall–Kier alpha value is -0.610. The number of carbonyl (C=O) groups is 1. The predicted octanol–water partition coefficient (Wildman–Crippen LogP) is 2.46. The van der Waals surface area contributed by atoms with Crippen LogP contribution >= 0.6 is 0 Å². The van der Waals surface area contributed by atoms with Gasteiger partial charge >= 0.3 is 0 Å². The molecule has 0 spiro atoms. The van der Waals surface area contributed by atoms with Gasteiger partial charge in [0.05, 0.1) is 6.04 Å². The van der Waals surface area contributed by atoms with Crippen LogP contribution in [0, 0.1) is 17.8 Å². The molecular weight excluding hydrogens is 264 g/mol. The van der Waals surface area contributed by atoms with E-state index in [2.05, 4.69) is 19.2 Å². The van der Waals surface area contributed by atoms with Gasteiger partial charge in [-0.1, -0.05) is 39.0 Å². The van der Waals surface area contributed by atoms with Gasteiger partial charge in [0.2, 0.25) is 5.91 Å². The molecule has 1 heterocycles. The lowest BCUT2D eigenvalue weighted by atomic mass is 9.78. The number of nitrogens with one attached hydrogen (secondary N) is 1. The average molecular weight is 296 g/mol. The first-order valence-corrected chi connectivity index (χ1v) is 8.73. The van der Waals surface area contributed by atoms with Crippen molar-refractivity contribution in [3.63, 3.8) is 0 Å². The Morgan fingerprint density at radius 1 is 1.05 bits per heavy atom. The highest BCUT2D eigenvalue weighted by atomic mass is 16.5. The minimum atomic E-state index is -0.380. The number of rotatable bonds is 5. The van der Waals surface area contributed by atoms with Crippen LogP contribution in [0.25, 0.3) is 0 Å². The van der Waals surface area contributed by atoms with Crippen molar-refractivity contribution >= 4 is 5.91 Å². The van der Waals surface area contributed by atoms with Crippen LogP contribution < -0.4 is 11.1 Å². The molecule has 122 valence electrons. The summed E-state index contributed by atoms with van der Waals surface area (Å²) >= 11 is 0. The number of hydrogen-bond donors (Lipinski definition) is 2.